The molecule has 0 amide bonds. The fourth-order valence-corrected chi connectivity index (χ4v) is 8.20. The molecule has 53 heavy (non-hydrogen) atoms. The van der Waals surface area contributed by atoms with Gasteiger partial charge in [0.1, 0.15) is 11.6 Å². The number of carboxylic acids is 1. The number of benzene rings is 6. The van der Waals surface area contributed by atoms with Crippen molar-refractivity contribution in [2.45, 2.75) is 52.4 Å². The zero-order chi connectivity index (χ0) is 36.7. The van der Waals surface area contributed by atoms with E-state index in [1.165, 1.54) is 61.2 Å². The predicted molar refractivity (Wildman–Crippen MR) is 223 cm³/mol. The van der Waals surface area contributed by atoms with Crippen molar-refractivity contribution in [1.29, 1.82) is 5.26 Å². The third-order valence-corrected chi connectivity index (χ3v) is 11.0. The summed E-state index contributed by atoms with van der Waals surface area (Å²) >= 11 is 1.51. The molecule has 7 aromatic rings. The molecule has 0 fully saturated rings. The summed E-state index contributed by atoms with van der Waals surface area (Å²) in [5, 5.41) is 23.9. The van der Waals surface area contributed by atoms with Gasteiger partial charge in [0.15, 0.2) is 0 Å². The third kappa shape index (κ3) is 7.51. The van der Waals surface area contributed by atoms with Crippen molar-refractivity contribution >= 4 is 62.0 Å². The van der Waals surface area contributed by atoms with Crippen molar-refractivity contribution in [3.8, 4) is 27.6 Å². The molecule has 0 saturated carbocycles. The van der Waals surface area contributed by atoms with Crippen LogP contribution in [0.2, 0.25) is 0 Å². The van der Waals surface area contributed by atoms with Gasteiger partial charge in [0.25, 0.3) is 0 Å². The van der Waals surface area contributed by atoms with Gasteiger partial charge >= 0.3 is 5.97 Å². The van der Waals surface area contributed by atoms with E-state index in [-0.39, 0.29) is 5.57 Å². The maximum Gasteiger partial charge on any atom is 0.346 e. The lowest BCUT2D eigenvalue weighted by molar-refractivity contribution is -0.132. The van der Waals surface area contributed by atoms with E-state index in [0.29, 0.717) is 0 Å². The lowest BCUT2D eigenvalue weighted by Gasteiger charge is -2.25. The van der Waals surface area contributed by atoms with Crippen LogP contribution in [0.4, 0.5) is 17.1 Å². The van der Waals surface area contributed by atoms with Crippen LogP contribution in [0.25, 0.3) is 49.2 Å². The van der Waals surface area contributed by atoms with Gasteiger partial charge in [-0.3, -0.25) is 0 Å². The molecule has 6 aromatic carbocycles. The smallest absolute Gasteiger partial charge is 0.346 e. The highest BCUT2D eigenvalue weighted by atomic mass is 32.1. The van der Waals surface area contributed by atoms with E-state index in [9.17, 15) is 15.2 Å². The van der Waals surface area contributed by atoms with Gasteiger partial charge in [-0.1, -0.05) is 99.5 Å². The van der Waals surface area contributed by atoms with E-state index in [1.54, 1.807) is 6.07 Å². The van der Waals surface area contributed by atoms with Crippen molar-refractivity contribution < 1.29 is 9.90 Å². The Morgan fingerprint density at radius 3 is 1.68 bits per heavy atom. The Hall–Kier alpha value is -5.96. The van der Waals surface area contributed by atoms with E-state index in [2.05, 4.69) is 140 Å². The molecule has 0 spiro atoms. The molecule has 0 radical (unpaired) electrons. The Morgan fingerprint density at radius 2 is 1.15 bits per heavy atom. The molecule has 0 aliphatic heterocycles. The first-order valence-corrected chi connectivity index (χ1v) is 19.3. The number of aryl methyl sites for hydroxylation is 2. The number of carboxylic acid groups (broad SMARTS) is 1. The second-order valence-corrected chi connectivity index (χ2v) is 14.5. The fraction of sp³-hybridized carbons (Fsp3) is 0.167. The summed E-state index contributed by atoms with van der Waals surface area (Å²) in [5.74, 6) is -1.21. The number of thiophene rings is 1. The summed E-state index contributed by atoms with van der Waals surface area (Å²) in [7, 11) is 0. The highest BCUT2D eigenvalue weighted by Gasteiger charge is 2.17. The number of fused-ring (bicyclic) bond motifs is 2. The lowest BCUT2D eigenvalue weighted by Crippen LogP contribution is -2.09. The van der Waals surface area contributed by atoms with Gasteiger partial charge in [0.05, 0.1) is 0 Å². The molecule has 262 valence electrons. The van der Waals surface area contributed by atoms with Crippen molar-refractivity contribution in [2.75, 3.05) is 4.90 Å². The van der Waals surface area contributed by atoms with Crippen LogP contribution >= 0.6 is 11.3 Å². The number of para-hydroxylation sites is 2. The molecule has 5 heteroatoms. The quantitative estimate of drug-likeness (QED) is 0.0735. The van der Waals surface area contributed by atoms with Crippen LogP contribution in [0.3, 0.4) is 0 Å². The minimum absolute atomic E-state index is 0.262. The number of nitrogens with zero attached hydrogens (tertiary/aromatic N) is 2. The number of hydrogen-bond acceptors (Lipinski definition) is 4. The standard InChI is InChI=1S/C48H42N2O2S/c1-3-5-17-41-44-27-22-35(47-28-25-40(53-47)29-36(32-49)48(51)52)31-46(44)42(18-6-4-2)43-26-21-34(30-45(41)43)33-19-23-39(24-20-33)50(37-13-9-7-10-14-37)38-15-11-8-12-16-38/h7-16,19-31H,3-6,17-18H2,1-2H3,(H,51,52)/b36-29+. The molecule has 0 saturated heterocycles. The van der Waals surface area contributed by atoms with E-state index in [4.69, 9.17) is 0 Å². The Bertz CT molecular complexity index is 2420. The van der Waals surface area contributed by atoms with Gasteiger partial charge in [-0.2, -0.15) is 5.26 Å². The summed E-state index contributed by atoms with van der Waals surface area (Å²) in [6.45, 7) is 4.50. The van der Waals surface area contributed by atoms with E-state index in [1.807, 2.05) is 12.1 Å². The molecule has 1 aromatic heterocycles. The monoisotopic (exact) mass is 710 g/mol. The van der Waals surface area contributed by atoms with Gasteiger partial charge in [-0.15, -0.1) is 11.3 Å². The topological polar surface area (TPSA) is 64.3 Å². The minimum Gasteiger partial charge on any atom is -0.477 e. The van der Waals surface area contributed by atoms with Crippen LogP contribution in [0.1, 0.15) is 55.5 Å². The normalized spacial score (nSPS) is 11.5. The van der Waals surface area contributed by atoms with Gasteiger partial charge in [0, 0.05) is 26.8 Å². The summed E-state index contributed by atoms with van der Waals surface area (Å²) in [4.78, 5) is 15.5. The first kappa shape index (κ1) is 35.4. The number of unbranched alkanes of at least 4 members (excludes halogenated alkanes) is 2. The average molecular weight is 711 g/mol. The summed E-state index contributed by atoms with van der Waals surface area (Å²) in [6, 6.07) is 49.5. The highest BCUT2D eigenvalue weighted by molar-refractivity contribution is 7.16. The third-order valence-electron chi connectivity index (χ3n) is 9.94. The maximum atomic E-state index is 11.4. The first-order valence-electron chi connectivity index (χ1n) is 18.5. The van der Waals surface area contributed by atoms with Crippen LogP contribution in [-0.2, 0) is 17.6 Å². The molecular formula is C48H42N2O2S. The predicted octanol–water partition coefficient (Wildman–Crippen LogP) is 13.5. The molecule has 1 N–H and O–H groups in total. The Morgan fingerprint density at radius 1 is 0.642 bits per heavy atom. The molecule has 0 aliphatic rings. The zero-order valence-corrected chi connectivity index (χ0v) is 31.0. The second kappa shape index (κ2) is 16.2. The largest absolute Gasteiger partial charge is 0.477 e. The second-order valence-electron chi connectivity index (χ2n) is 13.4. The van der Waals surface area contributed by atoms with Crippen molar-refractivity contribution in [3.63, 3.8) is 0 Å². The Labute approximate surface area is 315 Å². The van der Waals surface area contributed by atoms with Gasteiger partial charge in [0.2, 0.25) is 0 Å². The average Bonchev–Trinajstić information content (AvgIpc) is 3.68. The summed E-state index contributed by atoms with van der Waals surface area (Å²) < 4.78 is 0. The fourth-order valence-electron chi connectivity index (χ4n) is 7.26. The molecule has 4 nitrogen and oxygen atoms in total. The maximum absolute atomic E-state index is 11.4. The number of nitriles is 1. The Balaban J connectivity index is 1.32. The molecule has 0 unspecified atom stereocenters. The number of carbonyl (C=O) groups is 1. The van der Waals surface area contributed by atoms with Crippen LogP contribution in [0.5, 0.6) is 0 Å². The molecule has 0 atom stereocenters. The van der Waals surface area contributed by atoms with Crippen LogP contribution in [0, 0.1) is 11.3 Å². The molecule has 0 bridgehead atoms. The number of anilines is 3. The van der Waals surface area contributed by atoms with Crippen molar-refractivity contribution in [1.82, 2.24) is 0 Å². The minimum atomic E-state index is -1.21. The van der Waals surface area contributed by atoms with Crippen LogP contribution in [0.15, 0.2) is 139 Å². The summed E-state index contributed by atoms with van der Waals surface area (Å²) in [5.41, 5.74) is 9.38. The van der Waals surface area contributed by atoms with Crippen molar-refractivity contribution in [2.24, 2.45) is 0 Å². The highest BCUT2D eigenvalue weighted by Crippen LogP contribution is 2.41. The van der Waals surface area contributed by atoms with E-state index in [0.717, 1.165) is 70.9 Å². The SMILES string of the molecule is CCCCc1c2ccc(-c3ccc(/C=C(\C#N)C(=O)O)s3)cc2c(CCCC)c2ccc(-c3ccc(N(c4ccccc4)c4ccccc4)cc3)cc12. The van der Waals surface area contributed by atoms with E-state index < -0.39 is 5.97 Å². The van der Waals surface area contributed by atoms with E-state index >= 15 is 0 Å². The number of rotatable bonds is 13. The molecular weight excluding hydrogens is 669 g/mol. The molecule has 1 heterocycles. The number of aliphatic carboxylic acids is 1. The lowest BCUT2D eigenvalue weighted by atomic mass is 9.85. The summed E-state index contributed by atoms with van der Waals surface area (Å²) in [6.07, 6.45) is 7.89. The molecule has 7 rings (SSSR count). The zero-order valence-electron chi connectivity index (χ0n) is 30.2. The Kier molecular flexibility index (Phi) is 10.8. The van der Waals surface area contributed by atoms with Gasteiger partial charge in [-0.05, 0) is 142 Å². The number of hydrogen-bond donors (Lipinski definition) is 1. The van der Waals surface area contributed by atoms with Crippen molar-refractivity contribution in [3.05, 3.63) is 155 Å². The first-order chi connectivity index (χ1) is 26.0. The van der Waals surface area contributed by atoms with Crippen LogP contribution < -0.4 is 4.90 Å². The molecule has 0 aliphatic carbocycles. The van der Waals surface area contributed by atoms with Crippen LogP contribution in [-0.4, -0.2) is 11.1 Å². The van der Waals surface area contributed by atoms with Gasteiger partial charge < -0.3 is 10.0 Å². The van der Waals surface area contributed by atoms with Gasteiger partial charge in [-0.25, -0.2) is 4.79 Å².